The smallest absolute Gasteiger partial charge is 0.273 e. The molecule has 0 spiro atoms. The highest BCUT2D eigenvalue weighted by Gasteiger charge is 2.56. The molecule has 0 N–H and O–H groups in total. The molecule has 1 aliphatic heterocycles. The van der Waals surface area contributed by atoms with E-state index in [1.807, 2.05) is 0 Å². The quantitative estimate of drug-likeness (QED) is 0.728. The van der Waals surface area contributed by atoms with Crippen LogP contribution in [0.1, 0.15) is 25.7 Å². The average molecular weight is 261 g/mol. The second-order valence-corrected chi connectivity index (χ2v) is 7.28. The van der Waals surface area contributed by atoms with Gasteiger partial charge in [-0.3, -0.25) is 0 Å². The van der Waals surface area contributed by atoms with E-state index in [-0.39, 0.29) is 6.42 Å². The molecule has 1 heterocycles. The molecule has 2 aliphatic rings. The lowest BCUT2D eigenvalue weighted by Crippen LogP contribution is -2.25. The van der Waals surface area contributed by atoms with Crippen LogP contribution in [0.15, 0.2) is 0 Å². The summed E-state index contributed by atoms with van der Waals surface area (Å²) in [5.41, 5.74) is 0. The van der Waals surface area contributed by atoms with Gasteiger partial charge in [-0.1, -0.05) is 0 Å². The van der Waals surface area contributed by atoms with Gasteiger partial charge in [0, 0.05) is 17.1 Å². The number of ether oxygens (including phenoxy) is 1. The maximum Gasteiger partial charge on any atom is 0.273 e. The monoisotopic (exact) mass is 260 g/mol. The first-order valence-electron chi connectivity index (χ1n) is 4.68. The number of halogens is 3. The molecule has 0 radical (unpaired) electrons. The molecule has 1 saturated carbocycles. The highest BCUT2D eigenvalue weighted by molar-refractivity contribution is 8.15. The van der Waals surface area contributed by atoms with Gasteiger partial charge in [0.1, 0.15) is 6.61 Å². The van der Waals surface area contributed by atoms with Crippen LogP contribution in [0.5, 0.6) is 0 Å². The third-order valence-corrected chi connectivity index (χ3v) is 5.57. The Bertz CT molecular complexity index is 364. The molecular formula is C8H11ClF2O3S. The minimum atomic E-state index is -3.67. The Morgan fingerprint density at radius 2 is 2.00 bits per heavy atom. The minimum absolute atomic E-state index is 0.0917. The Morgan fingerprint density at radius 3 is 2.33 bits per heavy atom. The van der Waals surface area contributed by atoms with E-state index in [0.29, 0.717) is 12.8 Å². The first kappa shape index (κ1) is 11.5. The van der Waals surface area contributed by atoms with Gasteiger partial charge in [-0.15, -0.1) is 0 Å². The lowest BCUT2D eigenvalue weighted by atomic mass is 10.1. The predicted molar refractivity (Wildman–Crippen MR) is 50.7 cm³/mol. The number of alkyl halides is 2. The first-order valence-corrected chi connectivity index (χ1v) is 6.99. The summed E-state index contributed by atoms with van der Waals surface area (Å²) < 4.78 is 51.8. The molecule has 88 valence electrons. The summed E-state index contributed by atoms with van der Waals surface area (Å²) in [6.07, 6.45) is -0.0968. The number of hydrogen-bond donors (Lipinski definition) is 0. The van der Waals surface area contributed by atoms with E-state index in [2.05, 4.69) is 0 Å². The highest BCUT2D eigenvalue weighted by atomic mass is 35.7. The van der Waals surface area contributed by atoms with Crippen LogP contribution in [0, 0.1) is 0 Å². The standard InChI is InChI=1S/C8H11ClF2O3S/c9-15(12,13)7(1-2-7)3-6-4-8(10,11)5-14-6/h6H,1-5H2. The van der Waals surface area contributed by atoms with Gasteiger partial charge in [-0.2, -0.15) is 0 Å². The van der Waals surface area contributed by atoms with Crippen molar-refractivity contribution in [3.63, 3.8) is 0 Å². The summed E-state index contributed by atoms with van der Waals surface area (Å²) in [7, 11) is 1.60. The fraction of sp³-hybridized carbons (Fsp3) is 1.00. The van der Waals surface area contributed by atoms with Crippen LogP contribution < -0.4 is 0 Å². The van der Waals surface area contributed by atoms with Crippen LogP contribution >= 0.6 is 10.7 Å². The van der Waals surface area contributed by atoms with E-state index >= 15 is 0 Å². The molecule has 0 amide bonds. The van der Waals surface area contributed by atoms with Crippen molar-refractivity contribution in [3.8, 4) is 0 Å². The zero-order valence-corrected chi connectivity index (χ0v) is 9.45. The van der Waals surface area contributed by atoms with Crippen LogP contribution in [0.25, 0.3) is 0 Å². The van der Waals surface area contributed by atoms with Crippen molar-refractivity contribution >= 4 is 19.7 Å². The molecule has 1 atom stereocenters. The van der Waals surface area contributed by atoms with Crippen molar-refractivity contribution in [1.82, 2.24) is 0 Å². The van der Waals surface area contributed by atoms with Crippen molar-refractivity contribution in [3.05, 3.63) is 0 Å². The van der Waals surface area contributed by atoms with Crippen LogP contribution in [0.4, 0.5) is 8.78 Å². The van der Waals surface area contributed by atoms with Crippen LogP contribution in [-0.2, 0) is 13.8 Å². The van der Waals surface area contributed by atoms with Gasteiger partial charge in [0.2, 0.25) is 9.05 Å². The Hall–Kier alpha value is 0.0600. The Labute approximate surface area is 91.2 Å². The fourth-order valence-corrected chi connectivity index (χ4v) is 3.55. The molecule has 0 aromatic carbocycles. The molecule has 1 unspecified atom stereocenters. The summed E-state index contributed by atoms with van der Waals surface area (Å²) in [4.78, 5) is 0. The third-order valence-electron chi connectivity index (χ3n) is 2.98. The molecule has 0 aromatic rings. The number of rotatable bonds is 3. The normalized spacial score (nSPS) is 32.9. The van der Waals surface area contributed by atoms with Crippen molar-refractivity contribution in [2.75, 3.05) is 6.61 Å². The van der Waals surface area contributed by atoms with E-state index in [4.69, 9.17) is 15.4 Å². The van der Waals surface area contributed by atoms with Crippen LogP contribution in [0.2, 0.25) is 0 Å². The minimum Gasteiger partial charge on any atom is -0.372 e. The lowest BCUT2D eigenvalue weighted by molar-refractivity contribution is -0.0103. The van der Waals surface area contributed by atoms with Crippen LogP contribution in [-0.4, -0.2) is 31.8 Å². The SMILES string of the molecule is O=S(=O)(Cl)C1(CC2CC(F)(F)CO2)CC1. The molecule has 2 rings (SSSR count). The molecule has 2 fully saturated rings. The molecular weight excluding hydrogens is 250 g/mol. The Kier molecular flexibility index (Phi) is 2.52. The average Bonchev–Trinajstić information content (AvgIpc) is 2.73. The molecule has 0 bridgehead atoms. The second kappa shape index (κ2) is 3.28. The van der Waals surface area contributed by atoms with Crippen molar-refractivity contribution in [1.29, 1.82) is 0 Å². The highest BCUT2D eigenvalue weighted by Crippen LogP contribution is 2.51. The molecule has 3 nitrogen and oxygen atoms in total. The van der Waals surface area contributed by atoms with Gasteiger partial charge in [-0.25, -0.2) is 17.2 Å². The molecule has 7 heteroatoms. The molecule has 15 heavy (non-hydrogen) atoms. The Morgan fingerprint density at radius 1 is 1.40 bits per heavy atom. The third kappa shape index (κ3) is 2.26. The van der Waals surface area contributed by atoms with Gasteiger partial charge in [-0.05, 0) is 19.3 Å². The molecule has 1 saturated heterocycles. The van der Waals surface area contributed by atoms with Gasteiger partial charge in [0.05, 0.1) is 10.9 Å². The van der Waals surface area contributed by atoms with E-state index in [9.17, 15) is 17.2 Å². The van der Waals surface area contributed by atoms with Gasteiger partial charge in [0.25, 0.3) is 5.92 Å². The summed E-state index contributed by atoms with van der Waals surface area (Å²) in [6.45, 7) is -0.615. The predicted octanol–water partition coefficient (Wildman–Crippen LogP) is 1.90. The van der Waals surface area contributed by atoms with E-state index in [0.717, 1.165) is 0 Å². The summed E-state index contributed by atoms with van der Waals surface area (Å²) in [5.74, 6) is -2.82. The topological polar surface area (TPSA) is 43.4 Å². The maximum absolute atomic E-state index is 12.8. The van der Waals surface area contributed by atoms with E-state index in [1.165, 1.54) is 0 Å². The van der Waals surface area contributed by atoms with Gasteiger partial charge in [0.15, 0.2) is 0 Å². The van der Waals surface area contributed by atoms with Gasteiger partial charge >= 0.3 is 0 Å². The fourth-order valence-electron chi connectivity index (χ4n) is 1.92. The maximum atomic E-state index is 12.8. The summed E-state index contributed by atoms with van der Waals surface area (Å²) in [5, 5.41) is 0. The largest absolute Gasteiger partial charge is 0.372 e. The van der Waals surface area contributed by atoms with Crippen molar-refractivity contribution in [2.24, 2.45) is 0 Å². The summed E-state index contributed by atoms with van der Waals surface area (Å²) in [6, 6.07) is 0. The summed E-state index contributed by atoms with van der Waals surface area (Å²) >= 11 is 0. The zero-order valence-electron chi connectivity index (χ0n) is 7.88. The zero-order chi connectivity index (χ0) is 11.3. The molecule has 0 aromatic heterocycles. The second-order valence-electron chi connectivity index (χ2n) is 4.32. The van der Waals surface area contributed by atoms with E-state index in [1.54, 1.807) is 0 Å². The lowest BCUT2D eigenvalue weighted by Gasteiger charge is -2.15. The van der Waals surface area contributed by atoms with Crippen molar-refractivity contribution in [2.45, 2.75) is 42.5 Å². The number of hydrogen-bond acceptors (Lipinski definition) is 3. The molecule has 1 aliphatic carbocycles. The van der Waals surface area contributed by atoms with Crippen molar-refractivity contribution < 1.29 is 21.9 Å². The first-order chi connectivity index (χ1) is 6.74. The van der Waals surface area contributed by atoms with Crippen LogP contribution in [0.3, 0.4) is 0 Å². The van der Waals surface area contributed by atoms with Gasteiger partial charge < -0.3 is 4.74 Å². The Balaban J connectivity index is 2.00. The van der Waals surface area contributed by atoms with E-state index < -0.39 is 38.9 Å².